The van der Waals surface area contributed by atoms with Crippen LogP contribution < -0.4 is 16.0 Å². The van der Waals surface area contributed by atoms with Gasteiger partial charge in [-0.1, -0.05) is 11.6 Å². The average molecular weight is 286 g/mol. The van der Waals surface area contributed by atoms with Crippen molar-refractivity contribution in [3.05, 3.63) is 29.0 Å². The zero-order chi connectivity index (χ0) is 13.8. The summed E-state index contributed by atoms with van der Waals surface area (Å²) in [6, 6.07) is 3.37. The van der Waals surface area contributed by atoms with E-state index in [9.17, 15) is 14.0 Å². The third-order valence-electron chi connectivity index (χ3n) is 2.72. The Labute approximate surface area is 114 Å². The highest BCUT2D eigenvalue weighted by atomic mass is 35.5. The van der Waals surface area contributed by atoms with Crippen molar-refractivity contribution in [3.8, 4) is 0 Å². The number of rotatable bonds is 3. The molecular weight excluding hydrogens is 273 g/mol. The lowest BCUT2D eigenvalue weighted by Gasteiger charge is -2.22. The molecule has 1 atom stereocenters. The van der Waals surface area contributed by atoms with Crippen molar-refractivity contribution in [1.82, 2.24) is 10.6 Å². The van der Waals surface area contributed by atoms with Gasteiger partial charge in [0.2, 0.25) is 11.8 Å². The molecule has 0 aliphatic carbocycles. The predicted octanol–water partition coefficient (Wildman–Crippen LogP) is 0.896. The zero-order valence-electron chi connectivity index (χ0n) is 10.0. The average Bonchev–Trinajstić information content (AvgIpc) is 2.37. The van der Waals surface area contributed by atoms with E-state index in [1.54, 1.807) is 0 Å². The van der Waals surface area contributed by atoms with Gasteiger partial charge in [0.05, 0.1) is 17.5 Å². The number of halogens is 2. The van der Waals surface area contributed by atoms with E-state index in [1.807, 2.05) is 0 Å². The third-order valence-corrected chi connectivity index (χ3v) is 3.01. The monoisotopic (exact) mass is 285 g/mol. The molecule has 5 nitrogen and oxygen atoms in total. The first-order chi connectivity index (χ1) is 9.06. The van der Waals surface area contributed by atoms with Crippen LogP contribution in [0.5, 0.6) is 0 Å². The first kappa shape index (κ1) is 13.8. The Hall–Kier alpha value is -1.66. The van der Waals surface area contributed by atoms with Crippen molar-refractivity contribution in [2.75, 3.05) is 18.4 Å². The first-order valence-corrected chi connectivity index (χ1v) is 6.20. The number of nitrogens with one attached hydrogen (secondary N) is 3. The minimum atomic E-state index is -0.548. The predicted molar refractivity (Wildman–Crippen MR) is 69.5 cm³/mol. The fraction of sp³-hybridized carbons (Fsp3) is 0.333. The molecule has 0 spiro atoms. The normalized spacial score (nSPS) is 18.8. The van der Waals surface area contributed by atoms with Crippen LogP contribution in [0.15, 0.2) is 18.2 Å². The number of anilines is 1. The van der Waals surface area contributed by atoms with Gasteiger partial charge in [0.25, 0.3) is 0 Å². The van der Waals surface area contributed by atoms with Crippen LogP contribution in [-0.4, -0.2) is 30.9 Å². The van der Waals surface area contributed by atoms with E-state index in [0.29, 0.717) is 18.8 Å². The van der Waals surface area contributed by atoms with Crippen molar-refractivity contribution < 1.29 is 14.0 Å². The summed E-state index contributed by atoms with van der Waals surface area (Å²) < 4.78 is 13.0. The lowest BCUT2D eigenvalue weighted by Crippen LogP contribution is -2.53. The van der Waals surface area contributed by atoms with Gasteiger partial charge in [0, 0.05) is 18.8 Å². The van der Waals surface area contributed by atoms with Crippen LogP contribution in [0, 0.1) is 5.82 Å². The molecule has 1 fully saturated rings. The largest absolute Gasteiger partial charge is 0.353 e. The molecule has 0 bridgehead atoms. The molecule has 1 saturated heterocycles. The quantitative estimate of drug-likeness (QED) is 0.773. The maximum absolute atomic E-state index is 13.0. The fourth-order valence-corrected chi connectivity index (χ4v) is 1.96. The molecule has 2 rings (SSSR count). The Morgan fingerprint density at radius 1 is 1.47 bits per heavy atom. The summed E-state index contributed by atoms with van der Waals surface area (Å²) in [4.78, 5) is 23.2. The minimum absolute atomic E-state index is 0.0147. The van der Waals surface area contributed by atoms with Gasteiger partial charge in [-0.25, -0.2) is 4.39 Å². The molecule has 1 aromatic carbocycles. The van der Waals surface area contributed by atoms with E-state index < -0.39 is 11.9 Å². The molecule has 102 valence electrons. The Morgan fingerprint density at radius 2 is 2.26 bits per heavy atom. The third kappa shape index (κ3) is 3.65. The van der Waals surface area contributed by atoms with Crippen LogP contribution in [0.25, 0.3) is 0 Å². The summed E-state index contributed by atoms with van der Waals surface area (Å²) in [5.41, 5.74) is 0.396. The van der Waals surface area contributed by atoms with Crippen LogP contribution in [0.3, 0.4) is 0 Å². The van der Waals surface area contributed by atoms with Crippen molar-refractivity contribution in [2.24, 2.45) is 0 Å². The van der Waals surface area contributed by atoms with Crippen molar-refractivity contribution in [1.29, 1.82) is 0 Å². The van der Waals surface area contributed by atoms with Crippen LogP contribution in [0.1, 0.15) is 6.42 Å². The second-order valence-corrected chi connectivity index (χ2v) is 4.59. The van der Waals surface area contributed by atoms with E-state index in [4.69, 9.17) is 11.6 Å². The molecule has 1 aromatic rings. The Morgan fingerprint density at radius 3 is 2.95 bits per heavy atom. The second-order valence-electron chi connectivity index (χ2n) is 4.18. The minimum Gasteiger partial charge on any atom is -0.353 e. The van der Waals surface area contributed by atoms with E-state index >= 15 is 0 Å². The standard InChI is InChI=1S/C12H13ClFN3O2/c13-8-5-7(1-2-9(8)14)17-11(18)6-10-12(19)16-4-3-15-10/h1-2,5,10,15H,3-4,6H2,(H,16,19)(H,17,18)/t10-/m0/s1. The Bertz CT molecular complexity index is 510. The molecule has 19 heavy (non-hydrogen) atoms. The van der Waals surface area contributed by atoms with Gasteiger partial charge in [-0.3, -0.25) is 9.59 Å². The molecule has 7 heteroatoms. The molecule has 3 N–H and O–H groups in total. The van der Waals surface area contributed by atoms with Gasteiger partial charge in [0.15, 0.2) is 0 Å². The topological polar surface area (TPSA) is 70.2 Å². The summed E-state index contributed by atoms with van der Waals surface area (Å²) in [6.07, 6.45) is 0.0147. The Kier molecular flexibility index (Phi) is 4.34. The number of carbonyl (C=O) groups excluding carboxylic acids is 2. The van der Waals surface area contributed by atoms with Gasteiger partial charge < -0.3 is 16.0 Å². The fourth-order valence-electron chi connectivity index (χ4n) is 1.78. The number of carbonyl (C=O) groups is 2. The molecule has 2 amide bonds. The number of amides is 2. The molecule has 1 aliphatic rings. The van der Waals surface area contributed by atoms with Gasteiger partial charge in [-0.05, 0) is 18.2 Å². The van der Waals surface area contributed by atoms with Gasteiger partial charge in [-0.2, -0.15) is 0 Å². The van der Waals surface area contributed by atoms with E-state index in [0.717, 1.165) is 0 Å². The van der Waals surface area contributed by atoms with Crippen LogP contribution in [0.4, 0.5) is 10.1 Å². The van der Waals surface area contributed by atoms with E-state index in [2.05, 4.69) is 16.0 Å². The summed E-state index contributed by atoms with van der Waals surface area (Å²) in [5, 5.41) is 8.12. The molecule has 0 radical (unpaired) electrons. The molecule has 0 aromatic heterocycles. The maximum Gasteiger partial charge on any atom is 0.237 e. The van der Waals surface area contributed by atoms with E-state index in [1.165, 1.54) is 18.2 Å². The van der Waals surface area contributed by atoms with Crippen molar-refractivity contribution in [3.63, 3.8) is 0 Å². The first-order valence-electron chi connectivity index (χ1n) is 5.82. The van der Waals surface area contributed by atoms with Crippen LogP contribution >= 0.6 is 11.6 Å². The summed E-state index contributed by atoms with van der Waals surface area (Å²) in [6.45, 7) is 1.19. The second kappa shape index (κ2) is 5.99. The molecular formula is C12H13ClFN3O2. The molecule has 0 saturated carbocycles. The summed E-state index contributed by atoms with van der Waals surface area (Å²) >= 11 is 5.61. The number of hydrogen-bond acceptors (Lipinski definition) is 3. The van der Waals surface area contributed by atoms with Crippen molar-refractivity contribution in [2.45, 2.75) is 12.5 Å². The summed E-state index contributed by atoms with van der Waals surface area (Å²) in [7, 11) is 0. The highest BCUT2D eigenvalue weighted by Crippen LogP contribution is 2.19. The highest BCUT2D eigenvalue weighted by Gasteiger charge is 2.24. The molecule has 0 unspecified atom stereocenters. The Balaban J connectivity index is 1.93. The van der Waals surface area contributed by atoms with Crippen LogP contribution in [-0.2, 0) is 9.59 Å². The maximum atomic E-state index is 13.0. The zero-order valence-corrected chi connectivity index (χ0v) is 10.8. The van der Waals surface area contributed by atoms with Gasteiger partial charge in [-0.15, -0.1) is 0 Å². The number of hydrogen-bond donors (Lipinski definition) is 3. The van der Waals surface area contributed by atoms with Gasteiger partial charge >= 0.3 is 0 Å². The van der Waals surface area contributed by atoms with Crippen molar-refractivity contribution >= 4 is 29.1 Å². The SMILES string of the molecule is O=C(C[C@@H]1NCCNC1=O)Nc1ccc(F)c(Cl)c1. The lowest BCUT2D eigenvalue weighted by molar-refractivity contribution is -0.127. The number of piperazine rings is 1. The smallest absolute Gasteiger partial charge is 0.237 e. The summed E-state index contributed by atoms with van der Waals surface area (Å²) in [5.74, 6) is -1.08. The molecule has 1 heterocycles. The lowest BCUT2D eigenvalue weighted by atomic mass is 10.1. The highest BCUT2D eigenvalue weighted by molar-refractivity contribution is 6.31. The number of benzene rings is 1. The van der Waals surface area contributed by atoms with Crippen LogP contribution in [0.2, 0.25) is 5.02 Å². The van der Waals surface area contributed by atoms with Gasteiger partial charge in [0.1, 0.15) is 5.82 Å². The van der Waals surface area contributed by atoms with E-state index in [-0.39, 0.29) is 23.3 Å². The molecule has 1 aliphatic heterocycles.